The van der Waals surface area contributed by atoms with Gasteiger partial charge in [0.2, 0.25) is 0 Å². The van der Waals surface area contributed by atoms with Gasteiger partial charge in [-0.25, -0.2) is 0 Å². The number of nitrogens with zero attached hydrogens (tertiary/aromatic N) is 2. The van der Waals surface area contributed by atoms with E-state index in [9.17, 15) is 20.2 Å². The highest BCUT2D eigenvalue weighted by Crippen LogP contribution is 2.30. The SMILES string of the molecule is CCCCCCCCCC#Cc1cc([N+](=O)[O-])c([N+](=O)[O-])cc1C#CCCCCCCCCC. The van der Waals surface area contributed by atoms with E-state index < -0.39 is 21.2 Å². The third kappa shape index (κ3) is 12.4. The molecule has 0 aliphatic carbocycles. The average molecular weight is 469 g/mol. The van der Waals surface area contributed by atoms with Crippen LogP contribution < -0.4 is 0 Å². The minimum atomic E-state index is -0.727. The van der Waals surface area contributed by atoms with E-state index in [1.807, 2.05) is 0 Å². The Labute approximate surface area is 205 Å². The molecule has 0 aliphatic rings. The van der Waals surface area contributed by atoms with Crippen LogP contribution in [0.2, 0.25) is 0 Å². The van der Waals surface area contributed by atoms with Crippen LogP contribution >= 0.6 is 0 Å². The number of unbranched alkanes of at least 4 members (excludes halogenated alkanes) is 14. The summed E-state index contributed by atoms with van der Waals surface area (Å²) in [6.07, 6.45) is 18.0. The van der Waals surface area contributed by atoms with Crippen LogP contribution in [-0.4, -0.2) is 9.85 Å². The molecule has 0 spiro atoms. The summed E-state index contributed by atoms with van der Waals surface area (Å²) >= 11 is 0. The molecule has 1 aromatic rings. The first-order chi connectivity index (χ1) is 16.5. The van der Waals surface area contributed by atoms with Crippen molar-refractivity contribution in [3.8, 4) is 23.7 Å². The summed E-state index contributed by atoms with van der Waals surface area (Å²) in [6, 6.07) is 2.40. The monoisotopic (exact) mass is 468 g/mol. The van der Waals surface area contributed by atoms with E-state index >= 15 is 0 Å². The summed E-state index contributed by atoms with van der Waals surface area (Å²) in [4.78, 5) is 21.3. The Morgan fingerprint density at radius 1 is 0.588 bits per heavy atom. The molecule has 0 saturated heterocycles. The summed E-state index contributed by atoms with van der Waals surface area (Å²) < 4.78 is 0. The standard InChI is InChI=1S/C28H40N2O4/c1-3-5-7-9-11-13-15-17-19-21-25-23-27(29(31)32)28(30(33)34)24-26(25)22-20-18-16-14-12-10-8-6-4-2/h23-24H,3-18H2,1-2H3. The summed E-state index contributed by atoms with van der Waals surface area (Å²) in [6.45, 7) is 4.40. The normalized spacial score (nSPS) is 10.2. The lowest BCUT2D eigenvalue weighted by Crippen LogP contribution is -1.99. The largest absolute Gasteiger partial charge is 0.347 e. The van der Waals surface area contributed by atoms with Crippen LogP contribution in [0.25, 0.3) is 0 Å². The van der Waals surface area contributed by atoms with E-state index in [0.717, 1.165) is 25.7 Å². The van der Waals surface area contributed by atoms with Crippen molar-refractivity contribution in [2.75, 3.05) is 0 Å². The topological polar surface area (TPSA) is 86.3 Å². The molecule has 0 atom stereocenters. The number of hydrogen-bond acceptors (Lipinski definition) is 4. The van der Waals surface area contributed by atoms with Gasteiger partial charge in [0.25, 0.3) is 0 Å². The van der Waals surface area contributed by atoms with Gasteiger partial charge in [-0.05, 0) is 12.8 Å². The minimum absolute atomic E-state index is 0.396. The van der Waals surface area contributed by atoms with Crippen LogP contribution in [0.5, 0.6) is 0 Å². The van der Waals surface area contributed by atoms with E-state index in [4.69, 9.17) is 0 Å². The molecular formula is C28H40N2O4. The fourth-order valence-corrected chi connectivity index (χ4v) is 3.73. The van der Waals surface area contributed by atoms with Crippen molar-refractivity contribution in [3.63, 3.8) is 0 Å². The van der Waals surface area contributed by atoms with Crippen LogP contribution in [-0.2, 0) is 0 Å². The first-order valence-electron chi connectivity index (χ1n) is 13.0. The van der Waals surface area contributed by atoms with Crippen LogP contribution in [0.3, 0.4) is 0 Å². The van der Waals surface area contributed by atoms with E-state index in [0.29, 0.717) is 24.0 Å². The zero-order chi connectivity index (χ0) is 25.0. The van der Waals surface area contributed by atoms with Gasteiger partial charge in [-0.2, -0.15) is 0 Å². The van der Waals surface area contributed by atoms with E-state index in [2.05, 4.69) is 37.5 Å². The Bertz CT molecular complexity index is 814. The third-order valence-corrected chi connectivity index (χ3v) is 5.76. The number of nitro groups is 2. The van der Waals surface area contributed by atoms with Crippen molar-refractivity contribution >= 4 is 11.4 Å². The predicted octanol–water partition coefficient (Wildman–Crippen LogP) is 8.49. The maximum atomic E-state index is 11.4. The molecule has 0 N–H and O–H groups in total. The van der Waals surface area contributed by atoms with Crippen LogP contribution in [0.15, 0.2) is 12.1 Å². The Hall–Kier alpha value is -2.86. The molecular weight excluding hydrogens is 428 g/mol. The Morgan fingerprint density at radius 3 is 1.24 bits per heavy atom. The van der Waals surface area contributed by atoms with Gasteiger partial charge >= 0.3 is 11.4 Å². The van der Waals surface area contributed by atoms with E-state index in [-0.39, 0.29) is 0 Å². The molecule has 0 fully saturated rings. The van der Waals surface area contributed by atoms with Gasteiger partial charge in [-0.15, -0.1) is 0 Å². The van der Waals surface area contributed by atoms with Gasteiger partial charge in [0, 0.05) is 36.1 Å². The number of hydrogen-bond donors (Lipinski definition) is 0. The Balaban J connectivity index is 2.80. The maximum Gasteiger partial charge on any atom is 0.347 e. The first kappa shape index (κ1) is 29.2. The zero-order valence-corrected chi connectivity index (χ0v) is 21.0. The van der Waals surface area contributed by atoms with Gasteiger partial charge < -0.3 is 0 Å². The van der Waals surface area contributed by atoms with Crippen LogP contribution in [0.1, 0.15) is 128 Å². The van der Waals surface area contributed by atoms with Gasteiger partial charge in [0.15, 0.2) is 0 Å². The van der Waals surface area contributed by atoms with Crippen molar-refractivity contribution < 1.29 is 9.85 Å². The Kier molecular flexibility index (Phi) is 15.9. The second-order valence-corrected chi connectivity index (χ2v) is 8.75. The van der Waals surface area contributed by atoms with Crippen LogP contribution in [0, 0.1) is 43.9 Å². The molecule has 34 heavy (non-hydrogen) atoms. The lowest BCUT2D eigenvalue weighted by atomic mass is 10.0. The lowest BCUT2D eigenvalue weighted by Gasteiger charge is -2.01. The number of rotatable bonds is 16. The van der Waals surface area contributed by atoms with E-state index in [1.165, 1.54) is 76.3 Å². The molecule has 0 bridgehead atoms. The molecule has 1 rings (SSSR count). The highest BCUT2D eigenvalue weighted by atomic mass is 16.6. The third-order valence-electron chi connectivity index (χ3n) is 5.76. The number of benzene rings is 1. The quantitative estimate of drug-likeness (QED) is 0.105. The molecule has 0 radical (unpaired) electrons. The molecule has 6 nitrogen and oxygen atoms in total. The molecule has 0 saturated carbocycles. The molecule has 0 amide bonds. The second kappa shape index (κ2) is 18.6. The fourth-order valence-electron chi connectivity index (χ4n) is 3.73. The Morgan fingerprint density at radius 2 is 0.912 bits per heavy atom. The minimum Gasteiger partial charge on any atom is -0.258 e. The summed E-state index contributed by atoms with van der Waals surface area (Å²) in [5, 5.41) is 22.7. The average Bonchev–Trinajstić information content (AvgIpc) is 2.81. The molecule has 6 heteroatoms. The second-order valence-electron chi connectivity index (χ2n) is 8.75. The van der Waals surface area contributed by atoms with Crippen LogP contribution in [0.4, 0.5) is 11.4 Å². The van der Waals surface area contributed by atoms with Crippen molar-refractivity contribution in [1.29, 1.82) is 0 Å². The van der Waals surface area contributed by atoms with Crippen molar-refractivity contribution in [2.45, 2.75) is 117 Å². The molecule has 0 aliphatic heterocycles. The van der Waals surface area contributed by atoms with Gasteiger partial charge in [-0.1, -0.05) is 115 Å². The number of nitro benzene ring substituents is 2. The summed E-state index contributed by atoms with van der Waals surface area (Å²) in [5.74, 6) is 12.1. The molecule has 0 heterocycles. The van der Waals surface area contributed by atoms with Gasteiger partial charge in [0.1, 0.15) is 0 Å². The highest BCUT2D eigenvalue weighted by Gasteiger charge is 2.26. The van der Waals surface area contributed by atoms with Gasteiger partial charge in [0.05, 0.1) is 9.85 Å². The highest BCUT2D eigenvalue weighted by molar-refractivity contribution is 5.64. The van der Waals surface area contributed by atoms with E-state index in [1.54, 1.807) is 0 Å². The summed E-state index contributed by atoms with van der Waals surface area (Å²) in [7, 11) is 0. The summed E-state index contributed by atoms with van der Waals surface area (Å²) in [5.41, 5.74) is -0.287. The first-order valence-corrected chi connectivity index (χ1v) is 13.0. The van der Waals surface area contributed by atoms with Crippen molar-refractivity contribution in [2.24, 2.45) is 0 Å². The van der Waals surface area contributed by atoms with Crippen molar-refractivity contribution in [3.05, 3.63) is 43.5 Å². The smallest absolute Gasteiger partial charge is 0.258 e. The maximum absolute atomic E-state index is 11.4. The molecule has 0 unspecified atom stereocenters. The van der Waals surface area contributed by atoms with Gasteiger partial charge in [-0.3, -0.25) is 20.2 Å². The molecule has 186 valence electrons. The fraction of sp³-hybridized carbons (Fsp3) is 0.643. The molecule has 1 aromatic carbocycles. The zero-order valence-electron chi connectivity index (χ0n) is 21.0. The predicted molar refractivity (Wildman–Crippen MR) is 139 cm³/mol. The van der Waals surface area contributed by atoms with Crippen molar-refractivity contribution in [1.82, 2.24) is 0 Å². The molecule has 0 aromatic heterocycles. The lowest BCUT2D eigenvalue weighted by molar-refractivity contribution is -0.422.